The van der Waals surface area contributed by atoms with E-state index in [1.807, 2.05) is 0 Å². The van der Waals surface area contributed by atoms with Crippen LogP contribution in [0.25, 0.3) is 0 Å². The minimum atomic E-state index is -3.15. The molecule has 1 aliphatic carbocycles. The SMILES string of the molecule is CS(=O)(=O)N[C@@H]1CN(Cc2ncccn2)C[C@H]1C1CC1. The van der Waals surface area contributed by atoms with Gasteiger partial charge in [-0.05, 0) is 30.7 Å². The highest BCUT2D eigenvalue weighted by Crippen LogP contribution is 2.41. The van der Waals surface area contributed by atoms with Gasteiger partial charge in [0.2, 0.25) is 10.0 Å². The summed E-state index contributed by atoms with van der Waals surface area (Å²) < 4.78 is 25.8. The van der Waals surface area contributed by atoms with Gasteiger partial charge >= 0.3 is 0 Å². The van der Waals surface area contributed by atoms with Crippen LogP contribution in [0.15, 0.2) is 18.5 Å². The van der Waals surface area contributed by atoms with Crippen LogP contribution in [0.5, 0.6) is 0 Å². The van der Waals surface area contributed by atoms with Crippen molar-refractivity contribution in [2.45, 2.75) is 25.4 Å². The molecule has 0 spiro atoms. The molecule has 2 fully saturated rings. The zero-order valence-corrected chi connectivity index (χ0v) is 12.4. The van der Waals surface area contributed by atoms with E-state index in [2.05, 4.69) is 19.6 Å². The van der Waals surface area contributed by atoms with Crippen molar-refractivity contribution in [3.63, 3.8) is 0 Å². The highest BCUT2D eigenvalue weighted by Gasteiger charge is 2.43. The van der Waals surface area contributed by atoms with Gasteiger partial charge in [-0.3, -0.25) is 4.90 Å². The molecule has 1 saturated carbocycles. The molecule has 1 aliphatic heterocycles. The number of nitrogens with one attached hydrogen (secondary N) is 1. The van der Waals surface area contributed by atoms with Crippen molar-refractivity contribution in [1.29, 1.82) is 0 Å². The van der Waals surface area contributed by atoms with Gasteiger partial charge in [0, 0.05) is 31.5 Å². The standard InChI is InChI=1S/C13H20N4O2S/c1-20(18,19)16-12-8-17(7-11(12)10-3-4-10)9-13-14-5-2-6-15-13/h2,5-6,10-12,16H,3-4,7-9H2,1H3/t11-,12+/m0/s1. The molecule has 0 radical (unpaired) electrons. The van der Waals surface area contributed by atoms with E-state index in [0.29, 0.717) is 18.4 Å². The Balaban J connectivity index is 1.66. The molecule has 0 amide bonds. The normalized spacial score (nSPS) is 27.9. The van der Waals surface area contributed by atoms with Crippen molar-refractivity contribution in [2.75, 3.05) is 19.3 Å². The number of hydrogen-bond donors (Lipinski definition) is 1. The molecule has 2 heterocycles. The summed E-state index contributed by atoms with van der Waals surface area (Å²) >= 11 is 0. The predicted octanol–water partition coefficient (Wildman–Crippen LogP) is 0.236. The predicted molar refractivity (Wildman–Crippen MR) is 75.3 cm³/mol. The van der Waals surface area contributed by atoms with Gasteiger partial charge in [0.05, 0.1) is 12.8 Å². The first-order valence-corrected chi connectivity index (χ1v) is 8.86. The van der Waals surface area contributed by atoms with Gasteiger partial charge in [-0.2, -0.15) is 0 Å². The van der Waals surface area contributed by atoms with E-state index in [0.717, 1.165) is 18.9 Å². The first kappa shape index (κ1) is 13.9. The third kappa shape index (κ3) is 3.53. The van der Waals surface area contributed by atoms with Crippen molar-refractivity contribution in [3.05, 3.63) is 24.3 Å². The Kier molecular flexibility index (Phi) is 3.74. The Morgan fingerprint density at radius 2 is 2.00 bits per heavy atom. The van der Waals surface area contributed by atoms with E-state index in [-0.39, 0.29) is 6.04 Å². The quantitative estimate of drug-likeness (QED) is 0.842. The van der Waals surface area contributed by atoms with Crippen molar-refractivity contribution < 1.29 is 8.42 Å². The fourth-order valence-electron chi connectivity index (χ4n) is 3.06. The van der Waals surface area contributed by atoms with Gasteiger partial charge in [0.15, 0.2) is 0 Å². The van der Waals surface area contributed by atoms with Gasteiger partial charge in [-0.1, -0.05) is 0 Å². The third-order valence-electron chi connectivity index (χ3n) is 4.02. The number of nitrogens with zero attached hydrogens (tertiary/aromatic N) is 3. The van der Waals surface area contributed by atoms with Gasteiger partial charge in [-0.15, -0.1) is 0 Å². The number of aromatic nitrogens is 2. The highest BCUT2D eigenvalue weighted by atomic mass is 32.2. The molecule has 0 unspecified atom stereocenters. The van der Waals surface area contributed by atoms with Crippen molar-refractivity contribution in [2.24, 2.45) is 11.8 Å². The number of likely N-dealkylation sites (tertiary alicyclic amines) is 1. The monoisotopic (exact) mass is 296 g/mol. The zero-order valence-electron chi connectivity index (χ0n) is 11.6. The number of sulfonamides is 1. The minimum absolute atomic E-state index is 0.0289. The van der Waals surface area contributed by atoms with Crippen molar-refractivity contribution in [3.8, 4) is 0 Å². The maximum atomic E-state index is 11.5. The number of rotatable bonds is 5. The van der Waals surface area contributed by atoms with Crippen LogP contribution in [0.3, 0.4) is 0 Å². The van der Waals surface area contributed by atoms with E-state index in [9.17, 15) is 8.42 Å². The lowest BCUT2D eigenvalue weighted by molar-refractivity contribution is 0.302. The van der Waals surface area contributed by atoms with Crippen LogP contribution in [-0.4, -0.2) is 48.7 Å². The van der Waals surface area contributed by atoms with Crippen molar-refractivity contribution in [1.82, 2.24) is 19.6 Å². The van der Waals surface area contributed by atoms with Gasteiger partial charge in [0.1, 0.15) is 5.82 Å². The van der Waals surface area contributed by atoms with E-state index < -0.39 is 10.0 Å². The average Bonchev–Trinajstić information content (AvgIpc) is 3.13. The molecular weight excluding hydrogens is 276 g/mol. The molecule has 2 atom stereocenters. The van der Waals surface area contributed by atoms with E-state index in [1.54, 1.807) is 18.5 Å². The van der Waals surface area contributed by atoms with Crippen LogP contribution in [0, 0.1) is 11.8 Å². The van der Waals surface area contributed by atoms with Gasteiger partial charge < -0.3 is 0 Å². The lowest BCUT2D eigenvalue weighted by Gasteiger charge is -2.17. The number of hydrogen-bond acceptors (Lipinski definition) is 5. The maximum Gasteiger partial charge on any atom is 0.209 e. The minimum Gasteiger partial charge on any atom is -0.294 e. The van der Waals surface area contributed by atoms with Crippen LogP contribution in [0.1, 0.15) is 18.7 Å². The Bertz CT molecular complexity index is 559. The smallest absolute Gasteiger partial charge is 0.209 e. The lowest BCUT2D eigenvalue weighted by Crippen LogP contribution is -2.40. The molecule has 1 saturated heterocycles. The van der Waals surface area contributed by atoms with Crippen LogP contribution >= 0.6 is 0 Å². The molecule has 3 rings (SSSR count). The molecule has 0 bridgehead atoms. The molecular formula is C13H20N4O2S. The van der Waals surface area contributed by atoms with Gasteiger partial charge in [-0.25, -0.2) is 23.1 Å². The molecule has 1 aromatic heterocycles. The summed E-state index contributed by atoms with van der Waals surface area (Å²) in [6.45, 7) is 2.36. The molecule has 6 nitrogen and oxygen atoms in total. The van der Waals surface area contributed by atoms with E-state index in [4.69, 9.17) is 0 Å². The fourth-order valence-corrected chi connectivity index (χ4v) is 3.86. The molecule has 0 aromatic carbocycles. The molecule has 1 N–H and O–H groups in total. The first-order chi connectivity index (χ1) is 9.51. The van der Waals surface area contributed by atoms with E-state index >= 15 is 0 Å². The summed E-state index contributed by atoms with van der Waals surface area (Å²) in [6.07, 6.45) is 7.16. The van der Waals surface area contributed by atoms with Crippen LogP contribution in [0.4, 0.5) is 0 Å². The van der Waals surface area contributed by atoms with Gasteiger partial charge in [0.25, 0.3) is 0 Å². The third-order valence-corrected chi connectivity index (χ3v) is 4.75. The average molecular weight is 296 g/mol. The Morgan fingerprint density at radius 1 is 1.30 bits per heavy atom. The van der Waals surface area contributed by atoms with E-state index in [1.165, 1.54) is 19.1 Å². The molecule has 7 heteroatoms. The second kappa shape index (κ2) is 5.38. The van der Waals surface area contributed by atoms with Crippen LogP contribution in [-0.2, 0) is 16.6 Å². The highest BCUT2D eigenvalue weighted by molar-refractivity contribution is 7.88. The molecule has 1 aromatic rings. The first-order valence-electron chi connectivity index (χ1n) is 6.97. The summed E-state index contributed by atoms with van der Waals surface area (Å²) in [4.78, 5) is 10.7. The fraction of sp³-hybridized carbons (Fsp3) is 0.692. The topological polar surface area (TPSA) is 75.2 Å². The Morgan fingerprint density at radius 3 is 2.60 bits per heavy atom. The Hall–Kier alpha value is -1.05. The van der Waals surface area contributed by atoms with Crippen LogP contribution in [0.2, 0.25) is 0 Å². The second-order valence-electron chi connectivity index (χ2n) is 5.86. The summed E-state index contributed by atoms with van der Waals surface area (Å²) in [5.74, 6) is 1.89. The summed E-state index contributed by atoms with van der Waals surface area (Å²) in [5, 5.41) is 0. The maximum absolute atomic E-state index is 11.5. The Labute approximate surface area is 119 Å². The molecule has 2 aliphatic rings. The molecule has 20 heavy (non-hydrogen) atoms. The zero-order chi connectivity index (χ0) is 14.2. The summed E-state index contributed by atoms with van der Waals surface area (Å²) in [5.41, 5.74) is 0. The van der Waals surface area contributed by atoms with Crippen LogP contribution < -0.4 is 4.72 Å². The molecule has 110 valence electrons. The second-order valence-corrected chi connectivity index (χ2v) is 7.64. The van der Waals surface area contributed by atoms with Crippen molar-refractivity contribution >= 4 is 10.0 Å². The summed E-state index contributed by atoms with van der Waals surface area (Å²) in [6, 6.07) is 1.83. The summed E-state index contributed by atoms with van der Waals surface area (Å²) in [7, 11) is -3.15. The lowest BCUT2D eigenvalue weighted by atomic mass is 9.99. The largest absolute Gasteiger partial charge is 0.294 e.